The Balaban J connectivity index is 1.34. The van der Waals surface area contributed by atoms with Gasteiger partial charge >= 0.3 is 16.4 Å². The highest BCUT2D eigenvalue weighted by molar-refractivity contribution is 7.94. The van der Waals surface area contributed by atoms with E-state index in [1.165, 1.54) is 36.8 Å². The topological polar surface area (TPSA) is 142 Å². The normalized spacial score (nSPS) is 14.7. The zero-order chi connectivity index (χ0) is 31.6. The number of aromatic nitrogens is 4. The largest absolute Gasteiger partial charge is 0.416 e. The van der Waals surface area contributed by atoms with E-state index in [4.69, 9.17) is 5.73 Å². The number of nitrogen functional groups attached to an aromatic ring is 1. The van der Waals surface area contributed by atoms with Crippen molar-refractivity contribution in [1.29, 1.82) is 0 Å². The van der Waals surface area contributed by atoms with Crippen LogP contribution in [0, 0.1) is 25.7 Å². The van der Waals surface area contributed by atoms with Gasteiger partial charge in [-0.05, 0) is 44.7 Å². The zero-order valence-electron chi connectivity index (χ0n) is 24.2. The van der Waals surface area contributed by atoms with Crippen LogP contribution in [0.4, 0.5) is 30.4 Å². The summed E-state index contributed by atoms with van der Waals surface area (Å²) >= 11 is 0. The van der Waals surface area contributed by atoms with Crippen LogP contribution in [0.5, 0.6) is 0 Å². The van der Waals surface area contributed by atoms with Gasteiger partial charge in [-0.1, -0.05) is 17.9 Å². The van der Waals surface area contributed by atoms with Gasteiger partial charge in [-0.25, -0.2) is 15.0 Å². The smallest absolute Gasteiger partial charge is 0.383 e. The lowest BCUT2D eigenvalue weighted by Crippen LogP contribution is -2.44. The molecule has 0 spiro atoms. The Hall–Kier alpha value is -4.52. The van der Waals surface area contributed by atoms with Gasteiger partial charge in [-0.15, -0.1) is 0 Å². The maximum Gasteiger partial charge on any atom is 0.416 e. The Morgan fingerprint density at radius 3 is 2.39 bits per heavy atom. The Bertz CT molecular complexity index is 1880. The minimum absolute atomic E-state index is 0.0438. The lowest BCUT2D eigenvalue weighted by Gasteiger charge is -2.33. The fraction of sp³-hybridized carbons (Fsp3) is 0.310. The van der Waals surface area contributed by atoms with Crippen molar-refractivity contribution in [3.8, 4) is 11.8 Å². The van der Waals surface area contributed by atoms with Gasteiger partial charge in [0.2, 0.25) is 0 Å². The van der Waals surface area contributed by atoms with Crippen molar-refractivity contribution in [3.05, 3.63) is 76.5 Å². The summed E-state index contributed by atoms with van der Waals surface area (Å²) in [4.78, 5) is 21.2. The Kier molecular flexibility index (Phi) is 8.60. The first-order valence-electron chi connectivity index (χ1n) is 13.6. The van der Waals surface area contributed by atoms with Crippen molar-refractivity contribution >= 4 is 38.4 Å². The predicted octanol–water partition coefficient (Wildman–Crippen LogP) is 3.55. The Morgan fingerprint density at radius 2 is 1.66 bits per heavy atom. The van der Waals surface area contributed by atoms with Crippen molar-refractivity contribution < 1.29 is 21.6 Å². The van der Waals surface area contributed by atoms with Gasteiger partial charge in [0.15, 0.2) is 0 Å². The average molecular weight is 626 g/mol. The van der Waals surface area contributed by atoms with Crippen molar-refractivity contribution in [2.45, 2.75) is 26.6 Å². The molecule has 1 aliphatic rings. The van der Waals surface area contributed by atoms with Crippen LogP contribution in [0.15, 0.2) is 42.9 Å². The summed E-state index contributed by atoms with van der Waals surface area (Å²) in [5.41, 5.74) is 8.21. The third-order valence-corrected chi connectivity index (χ3v) is 8.14. The highest BCUT2D eigenvalue weighted by atomic mass is 32.2. The molecule has 1 fully saturated rings. The molecule has 230 valence electrons. The van der Waals surface area contributed by atoms with Crippen molar-refractivity contribution in [2.75, 3.05) is 48.4 Å². The van der Waals surface area contributed by atoms with Gasteiger partial charge in [0, 0.05) is 44.5 Å². The van der Waals surface area contributed by atoms with Crippen LogP contribution in [0.3, 0.4) is 0 Å². The fourth-order valence-electron chi connectivity index (χ4n) is 4.66. The molecule has 0 radical (unpaired) electrons. The van der Waals surface area contributed by atoms with E-state index in [0.29, 0.717) is 40.9 Å². The second-order valence-electron chi connectivity index (χ2n) is 10.5. The molecule has 0 aliphatic carbocycles. The number of rotatable bonds is 6. The molecule has 1 aromatic carbocycles. The molecule has 15 heteroatoms. The summed E-state index contributed by atoms with van der Waals surface area (Å²) < 4.78 is 72.1. The number of alkyl halides is 3. The number of halogens is 3. The molecule has 11 nitrogen and oxygen atoms in total. The van der Waals surface area contributed by atoms with Crippen LogP contribution in [-0.2, 0) is 22.9 Å². The third kappa shape index (κ3) is 7.33. The first kappa shape index (κ1) is 30.9. The van der Waals surface area contributed by atoms with E-state index in [-0.39, 0.29) is 29.3 Å². The number of nitrogens with zero attached hydrogens (tertiary/aromatic N) is 6. The maximum absolute atomic E-state index is 14.0. The lowest BCUT2D eigenvalue weighted by atomic mass is 10.1. The van der Waals surface area contributed by atoms with Crippen LogP contribution < -0.4 is 15.2 Å². The van der Waals surface area contributed by atoms with Gasteiger partial charge in [0.25, 0.3) is 0 Å². The van der Waals surface area contributed by atoms with Gasteiger partial charge in [0.1, 0.15) is 16.9 Å². The van der Waals surface area contributed by atoms with E-state index in [1.54, 1.807) is 0 Å². The van der Waals surface area contributed by atoms with Crippen LogP contribution in [0.2, 0.25) is 0 Å². The van der Waals surface area contributed by atoms with Crippen molar-refractivity contribution in [1.82, 2.24) is 29.7 Å². The van der Waals surface area contributed by atoms with Crippen LogP contribution >= 0.6 is 0 Å². The minimum atomic E-state index is -4.67. The first-order chi connectivity index (χ1) is 20.8. The van der Waals surface area contributed by atoms with Gasteiger partial charge in [0.05, 0.1) is 46.3 Å². The number of nitrogens with two attached hydrogens (primary N) is 1. The molecule has 4 aromatic rings. The summed E-state index contributed by atoms with van der Waals surface area (Å²) in [7, 11) is -2.38. The number of aryl methyl sites for hydroxylation is 2. The predicted molar refractivity (Wildman–Crippen MR) is 162 cm³/mol. The van der Waals surface area contributed by atoms with Crippen LogP contribution in [0.25, 0.3) is 11.0 Å². The van der Waals surface area contributed by atoms with E-state index >= 15 is 0 Å². The zero-order valence-corrected chi connectivity index (χ0v) is 25.0. The molecular formula is C29H30F3N9O2S. The molecule has 5 rings (SSSR count). The second-order valence-corrected chi connectivity index (χ2v) is 11.9. The number of fused-ring (bicyclic) bond motifs is 1. The Morgan fingerprint density at radius 1 is 0.955 bits per heavy atom. The number of hydrogen-bond acceptors (Lipinski definition) is 9. The second kappa shape index (κ2) is 12.2. The molecule has 0 atom stereocenters. The van der Waals surface area contributed by atoms with Crippen molar-refractivity contribution in [3.63, 3.8) is 0 Å². The SMILES string of the molecule is Cc1nc2cnc(N)c(C#Cc3cncc(NS(=O)(=O)Nc4ccc(CN5CCN(C)CC5)c(C(F)(F)F)c4)c3)c2nc1C. The number of likely N-dealkylation sites (N-methyl/N-ethyl adjacent to an activating group) is 1. The molecule has 4 N–H and O–H groups in total. The molecule has 4 heterocycles. The summed E-state index contributed by atoms with van der Waals surface area (Å²) in [6, 6.07) is 4.85. The Labute approximate surface area is 252 Å². The molecule has 1 aliphatic heterocycles. The molecular weight excluding hydrogens is 595 g/mol. The number of hydrogen-bond donors (Lipinski definition) is 3. The summed E-state index contributed by atoms with van der Waals surface area (Å²) in [5.74, 6) is 5.96. The average Bonchev–Trinajstić information content (AvgIpc) is 2.95. The molecule has 0 amide bonds. The highest BCUT2D eigenvalue weighted by Gasteiger charge is 2.34. The van der Waals surface area contributed by atoms with E-state index < -0.39 is 21.9 Å². The highest BCUT2D eigenvalue weighted by Crippen LogP contribution is 2.35. The van der Waals surface area contributed by atoms with E-state index in [2.05, 4.69) is 46.1 Å². The standard InChI is InChI=1S/C29H30F3N9O2S/c1-18-19(2)37-27-24(28(33)35-16-26(27)36-18)7-4-20-12-23(15-34-14-20)39-44(42,43)38-22-6-5-21(25(13-22)29(30,31)32)17-41-10-8-40(3)9-11-41/h5-6,12-16,38-39H,8-11,17H2,1-3H3,(H2,33,35). The number of benzene rings is 1. The minimum Gasteiger partial charge on any atom is -0.383 e. The molecule has 0 unspecified atom stereocenters. The van der Waals surface area contributed by atoms with E-state index in [0.717, 1.165) is 24.8 Å². The molecule has 1 saturated heterocycles. The summed E-state index contributed by atoms with van der Waals surface area (Å²) in [5, 5.41) is 0. The number of nitrogens with one attached hydrogen (secondary N) is 2. The maximum atomic E-state index is 14.0. The summed E-state index contributed by atoms with van der Waals surface area (Å²) in [6.07, 6.45) is -0.489. The lowest BCUT2D eigenvalue weighted by molar-refractivity contribution is -0.138. The number of piperazine rings is 1. The molecule has 3 aromatic heterocycles. The molecule has 44 heavy (non-hydrogen) atoms. The fourth-order valence-corrected chi connectivity index (χ4v) is 5.57. The number of anilines is 3. The van der Waals surface area contributed by atoms with Crippen molar-refractivity contribution in [2.24, 2.45) is 0 Å². The summed E-state index contributed by atoms with van der Waals surface area (Å²) in [6.45, 7) is 6.56. The van der Waals surface area contributed by atoms with Gasteiger partial charge in [-0.3, -0.25) is 19.3 Å². The van der Waals surface area contributed by atoms with Crippen LogP contribution in [-0.4, -0.2) is 71.4 Å². The van der Waals surface area contributed by atoms with Gasteiger partial charge in [-0.2, -0.15) is 21.6 Å². The monoisotopic (exact) mass is 625 g/mol. The van der Waals surface area contributed by atoms with E-state index in [1.807, 2.05) is 25.8 Å². The van der Waals surface area contributed by atoms with Crippen LogP contribution in [0.1, 0.15) is 33.6 Å². The van der Waals surface area contributed by atoms with E-state index in [9.17, 15) is 21.6 Å². The first-order valence-corrected chi connectivity index (χ1v) is 15.0. The quantitative estimate of drug-likeness (QED) is 0.274. The number of pyridine rings is 2. The van der Waals surface area contributed by atoms with Gasteiger partial charge < -0.3 is 10.6 Å². The molecule has 0 saturated carbocycles. The third-order valence-electron chi connectivity index (χ3n) is 7.13. The molecule has 0 bridgehead atoms.